The summed E-state index contributed by atoms with van der Waals surface area (Å²) in [6, 6.07) is 0. The summed E-state index contributed by atoms with van der Waals surface area (Å²) >= 11 is 0.282. The molecule has 14 heavy (non-hydrogen) atoms. The zero-order valence-corrected chi connectivity index (χ0v) is 10.3. The van der Waals surface area contributed by atoms with Gasteiger partial charge in [-0.1, -0.05) is 0 Å². The van der Waals surface area contributed by atoms with Crippen LogP contribution in [-0.2, 0) is 9.53 Å². The van der Waals surface area contributed by atoms with Crippen LogP contribution in [0.2, 0.25) is 0 Å². The van der Waals surface area contributed by atoms with Crippen LogP contribution in [0, 0.1) is 5.41 Å². The van der Waals surface area contributed by atoms with Crippen molar-refractivity contribution in [3.8, 4) is 0 Å². The van der Waals surface area contributed by atoms with Crippen LogP contribution >= 0.6 is 12.1 Å². The molecule has 0 aliphatic heterocycles. The van der Waals surface area contributed by atoms with Crippen molar-refractivity contribution in [3.05, 3.63) is 0 Å². The van der Waals surface area contributed by atoms with Crippen molar-refractivity contribution in [1.82, 2.24) is 0 Å². The van der Waals surface area contributed by atoms with Crippen molar-refractivity contribution in [2.45, 2.75) is 45.8 Å². The topological polar surface area (TPSA) is 26.3 Å². The number of esters is 1. The Labute approximate surface area is 89.9 Å². The summed E-state index contributed by atoms with van der Waals surface area (Å²) in [6.45, 7) is 9.25. The van der Waals surface area contributed by atoms with Crippen LogP contribution in [-0.4, -0.2) is 17.3 Å². The van der Waals surface area contributed by atoms with Gasteiger partial charge in [-0.2, -0.15) is 3.89 Å². The van der Waals surface area contributed by atoms with Crippen molar-refractivity contribution >= 4 is 18.1 Å². The van der Waals surface area contributed by atoms with Crippen molar-refractivity contribution in [2.24, 2.45) is 5.41 Å². The van der Waals surface area contributed by atoms with Crippen LogP contribution in [0.5, 0.6) is 0 Å². The van der Waals surface area contributed by atoms with E-state index in [0.29, 0.717) is 13.0 Å². The first kappa shape index (κ1) is 13.8. The van der Waals surface area contributed by atoms with Gasteiger partial charge in [0.25, 0.3) is 0 Å². The molecule has 4 heteroatoms. The summed E-state index contributed by atoms with van der Waals surface area (Å²) in [5.41, 5.74) is -0.626. The molecule has 0 fully saturated rings. The zero-order chi connectivity index (χ0) is 11.4. The maximum atomic E-state index is 12.5. The molecule has 0 heterocycles. The van der Waals surface area contributed by atoms with Crippen molar-refractivity contribution in [1.29, 1.82) is 0 Å². The molecule has 0 bridgehead atoms. The maximum absolute atomic E-state index is 12.5. The quantitative estimate of drug-likeness (QED) is 0.667. The van der Waals surface area contributed by atoms with E-state index in [2.05, 4.69) is 0 Å². The third-order valence-corrected chi connectivity index (χ3v) is 2.47. The summed E-state index contributed by atoms with van der Waals surface area (Å²) in [5, 5.41) is 0. The average molecular weight is 222 g/mol. The van der Waals surface area contributed by atoms with Gasteiger partial charge < -0.3 is 4.74 Å². The van der Waals surface area contributed by atoms with Gasteiger partial charge in [0.1, 0.15) is 0 Å². The van der Waals surface area contributed by atoms with E-state index in [0.717, 1.165) is 0 Å². The molecule has 0 atom stereocenters. The van der Waals surface area contributed by atoms with Crippen LogP contribution in [0.4, 0.5) is 3.89 Å². The Kier molecular flexibility index (Phi) is 4.92. The standard InChI is InChI=1S/C10H19FO2S/c1-6-13-8(12)9(2,3)7-10(4,5)14-11/h6-7H2,1-5H3. The Balaban J connectivity index is 4.40. The van der Waals surface area contributed by atoms with Gasteiger partial charge in [0.05, 0.1) is 24.2 Å². The first-order chi connectivity index (χ1) is 6.25. The predicted octanol–water partition coefficient (Wildman–Crippen LogP) is 3.36. The largest absolute Gasteiger partial charge is 0.466 e. The number of carbonyl (C=O) groups excluding carboxylic acids is 1. The lowest BCUT2D eigenvalue weighted by atomic mass is 9.83. The highest BCUT2D eigenvalue weighted by atomic mass is 32.2. The Morgan fingerprint density at radius 1 is 1.36 bits per heavy atom. The fraction of sp³-hybridized carbons (Fsp3) is 0.900. The zero-order valence-electron chi connectivity index (χ0n) is 9.52. The predicted molar refractivity (Wildman–Crippen MR) is 57.8 cm³/mol. The fourth-order valence-corrected chi connectivity index (χ4v) is 1.91. The summed E-state index contributed by atoms with van der Waals surface area (Å²) in [6.07, 6.45) is 0.458. The average Bonchev–Trinajstić information content (AvgIpc) is 2.03. The second-order valence-electron chi connectivity index (χ2n) is 4.62. The molecule has 0 unspecified atom stereocenters. The van der Waals surface area contributed by atoms with Crippen LogP contribution in [0.3, 0.4) is 0 Å². The smallest absolute Gasteiger partial charge is 0.311 e. The molecule has 0 aromatic heterocycles. The molecule has 0 saturated carbocycles. The number of hydrogen-bond acceptors (Lipinski definition) is 3. The second-order valence-corrected chi connectivity index (χ2v) is 5.88. The molecule has 0 aliphatic rings. The maximum Gasteiger partial charge on any atom is 0.311 e. The van der Waals surface area contributed by atoms with Gasteiger partial charge in [0.15, 0.2) is 0 Å². The van der Waals surface area contributed by atoms with E-state index in [1.54, 1.807) is 34.6 Å². The first-order valence-electron chi connectivity index (χ1n) is 4.72. The Morgan fingerprint density at radius 2 is 1.86 bits per heavy atom. The summed E-state index contributed by atoms with van der Waals surface area (Å²) in [5.74, 6) is -0.262. The third-order valence-electron chi connectivity index (χ3n) is 1.90. The van der Waals surface area contributed by atoms with Crippen molar-refractivity contribution in [2.75, 3.05) is 6.61 Å². The molecule has 0 rings (SSSR count). The normalized spacial score (nSPS) is 12.7. The summed E-state index contributed by atoms with van der Waals surface area (Å²) in [4.78, 5) is 11.5. The molecule has 0 aromatic rings. The van der Waals surface area contributed by atoms with E-state index in [1.807, 2.05) is 0 Å². The minimum Gasteiger partial charge on any atom is -0.466 e. The minimum atomic E-state index is -0.626. The van der Waals surface area contributed by atoms with E-state index in [9.17, 15) is 8.68 Å². The fourth-order valence-electron chi connectivity index (χ4n) is 1.49. The summed E-state index contributed by atoms with van der Waals surface area (Å²) in [7, 11) is 0. The van der Waals surface area contributed by atoms with Crippen molar-refractivity contribution in [3.63, 3.8) is 0 Å². The van der Waals surface area contributed by atoms with Crippen LogP contribution < -0.4 is 0 Å². The molecule has 2 nitrogen and oxygen atoms in total. The van der Waals surface area contributed by atoms with E-state index >= 15 is 0 Å². The van der Waals surface area contributed by atoms with Gasteiger partial charge in [-0.25, -0.2) is 0 Å². The minimum absolute atomic E-state index is 0.262. The number of carbonyl (C=O) groups is 1. The third kappa shape index (κ3) is 4.31. The molecule has 0 aliphatic carbocycles. The van der Waals surface area contributed by atoms with Crippen LogP contribution in [0.1, 0.15) is 41.0 Å². The highest BCUT2D eigenvalue weighted by molar-refractivity contribution is 7.95. The molecule has 84 valence electrons. The molecule has 0 spiro atoms. The molecule has 0 amide bonds. The van der Waals surface area contributed by atoms with Crippen LogP contribution in [0.15, 0.2) is 0 Å². The molecular weight excluding hydrogens is 203 g/mol. The lowest BCUT2D eigenvalue weighted by Gasteiger charge is -2.29. The van der Waals surface area contributed by atoms with E-state index in [-0.39, 0.29) is 18.1 Å². The van der Waals surface area contributed by atoms with Crippen LogP contribution in [0.25, 0.3) is 0 Å². The van der Waals surface area contributed by atoms with Gasteiger partial charge in [-0.15, -0.1) is 0 Å². The highest BCUT2D eigenvalue weighted by Crippen LogP contribution is 2.38. The second kappa shape index (κ2) is 5.01. The lowest BCUT2D eigenvalue weighted by Crippen LogP contribution is -2.33. The highest BCUT2D eigenvalue weighted by Gasteiger charge is 2.36. The van der Waals surface area contributed by atoms with Gasteiger partial charge in [0, 0.05) is 4.75 Å². The Bertz CT molecular complexity index is 202. The van der Waals surface area contributed by atoms with Gasteiger partial charge in [-0.05, 0) is 41.0 Å². The van der Waals surface area contributed by atoms with Gasteiger partial charge in [0.2, 0.25) is 0 Å². The van der Waals surface area contributed by atoms with E-state index in [1.165, 1.54) is 0 Å². The van der Waals surface area contributed by atoms with E-state index in [4.69, 9.17) is 4.74 Å². The first-order valence-corrected chi connectivity index (χ1v) is 5.44. The van der Waals surface area contributed by atoms with E-state index < -0.39 is 10.2 Å². The van der Waals surface area contributed by atoms with Gasteiger partial charge in [-0.3, -0.25) is 4.79 Å². The number of hydrogen-bond donors (Lipinski definition) is 0. The van der Waals surface area contributed by atoms with Gasteiger partial charge >= 0.3 is 5.97 Å². The van der Waals surface area contributed by atoms with Crippen molar-refractivity contribution < 1.29 is 13.4 Å². The Hall–Kier alpha value is -0.250. The molecular formula is C10H19FO2S. The SMILES string of the molecule is CCOC(=O)C(C)(C)CC(C)(C)SF. The molecule has 0 saturated heterocycles. The molecule has 0 radical (unpaired) electrons. The summed E-state index contributed by atoms with van der Waals surface area (Å²) < 4.78 is 16.9. The Morgan fingerprint density at radius 3 is 2.21 bits per heavy atom. The molecule has 0 N–H and O–H groups in total. The number of ether oxygens (including phenoxy) is 1. The number of rotatable bonds is 5. The number of halogens is 1. The monoisotopic (exact) mass is 222 g/mol. The lowest BCUT2D eigenvalue weighted by molar-refractivity contribution is -0.154. The molecule has 0 aromatic carbocycles.